The molecule has 0 N–H and O–H groups in total. The molecular weight excluding hydrogens is 274 g/mol. The second-order valence-corrected chi connectivity index (χ2v) is 6.49. The Bertz CT molecular complexity index is 619. The number of likely N-dealkylation sites (tertiary alicyclic amines) is 1. The molecule has 0 unspecified atom stereocenters. The smallest absolute Gasteiger partial charge is 0.110 e. The first-order valence-corrected chi connectivity index (χ1v) is 8.17. The van der Waals surface area contributed by atoms with Crippen molar-refractivity contribution in [1.82, 2.24) is 24.6 Å². The number of hydrogen-bond donors (Lipinski definition) is 0. The number of aryl methyl sites for hydroxylation is 1. The van der Waals surface area contributed by atoms with Crippen LogP contribution in [0.3, 0.4) is 0 Å². The maximum absolute atomic E-state index is 4.62. The molecule has 0 amide bonds. The van der Waals surface area contributed by atoms with Gasteiger partial charge in [-0.1, -0.05) is 0 Å². The van der Waals surface area contributed by atoms with E-state index in [4.69, 9.17) is 0 Å². The molecule has 1 fully saturated rings. The highest BCUT2D eigenvalue weighted by Crippen LogP contribution is 2.26. The second-order valence-electron chi connectivity index (χ2n) is 6.49. The minimum Gasteiger partial charge on any atom is -0.301 e. The lowest BCUT2D eigenvalue weighted by atomic mass is 9.91. The van der Waals surface area contributed by atoms with E-state index in [2.05, 4.69) is 33.8 Å². The average molecular weight is 299 g/mol. The number of aromatic nitrogens is 4. The number of hydrogen-bond acceptors (Lipinski definition) is 4. The Morgan fingerprint density at radius 2 is 2.05 bits per heavy atom. The van der Waals surface area contributed by atoms with Gasteiger partial charge in [-0.05, 0) is 51.6 Å². The molecule has 3 rings (SSSR count). The molecule has 0 aromatic carbocycles. The molecule has 5 heteroatoms. The fourth-order valence-corrected chi connectivity index (χ4v) is 3.34. The lowest BCUT2D eigenvalue weighted by molar-refractivity contribution is 0.139. The summed E-state index contributed by atoms with van der Waals surface area (Å²) in [6, 6.07) is 2.63. The molecule has 1 saturated heterocycles. The third-order valence-electron chi connectivity index (χ3n) is 4.60. The van der Waals surface area contributed by atoms with Crippen molar-refractivity contribution in [2.24, 2.45) is 13.0 Å². The van der Waals surface area contributed by atoms with Crippen LogP contribution in [0.4, 0.5) is 0 Å². The standard InChI is InChI=1S/C17H25N5/c1-13(2)22-10-4-5-14(12-22)11-15-17(19-9-8-18-15)16-6-7-20-21(16)3/h6-9,13-14H,4-5,10-12H2,1-3H3/t14-/m0/s1. The van der Waals surface area contributed by atoms with E-state index in [1.807, 2.05) is 24.0 Å². The summed E-state index contributed by atoms with van der Waals surface area (Å²) >= 11 is 0. The molecule has 1 aliphatic rings. The molecule has 3 heterocycles. The number of rotatable bonds is 4. The summed E-state index contributed by atoms with van der Waals surface area (Å²) in [5, 5.41) is 4.26. The van der Waals surface area contributed by atoms with Crippen LogP contribution < -0.4 is 0 Å². The van der Waals surface area contributed by atoms with E-state index >= 15 is 0 Å². The average Bonchev–Trinajstić information content (AvgIpc) is 2.94. The first-order valence-electron chi connectivity index (χ1n) is 8.17. The van der Waals surface area contributed by atoms with Gasteiger partial charge in [0.25, 0.3) is 0 Å². The third-order valence-corrected chi connectivity index (χ3v) is 4.60. The molecule has 0 bridgehead atoms. The Labute approximate surface area is 132 Å². The van der Waals surface area contributed by atoms with Gasteiger partial charge < -0.3 is 4.90 Å². The fourth-order valence-electron chi connectivity index (χ4n) is 3.34. The van der Waals surface area contributed by atoms with Gasteiger partial charge in [-0.25, -0.2) is 0 Å². The van der Waals surface area contributed by atoms with Crippen LogP contribution in [0.15, 0.2) is 24.7 Å². The summed E-state index contributed by atoms with van der Waals surface area (Å²) in [4.78, 5) is 11.8. The molecule has 0 aliphatic carbocycles. The zero-order chi connectivity index (χ0) is 15.5. The molecular formula is C17H25N5. The maximum Gasteiger partial charge on any atom is 0.110 e. The summed E-state index contributed by atoms with van der Waals surface area (Å²) < 4.78 is 1.87. The van der Waals surface area contributed by atoms with Crippen molar-refractivity contribution in [2.45, 2.75) is 39.2 Å². The van der Waals surface area contributed by atoms with Crippen LogP contribution in [0.25, 0.3) is 11.4 Å². The number of piperidine rings is 1. The Balaban J connectivity index is 1.80. The highest BCUT2D eigenvalue weighted by Gasteiger charge is 2.23. The van der Waals surface area contributed by atoms with Gasteiger partial charge in [0.15, 0.2) is 0 Å². The van der Waals surface area contributed by atoms with E-state index in [1.165, 1.54) is 25.9 Å². The van der Waals surface area contributed by atoms with Gasteiger partial charge in [-0.3, -0.25) is 14.6 Å². The van der Waals surface area contributed by atoms with E-state index in [-0.39, 0.29) is 0 Å². The van der Waals surface area contributed by atoms with Gasteiger partial charge in [-0.15, -0.1) is 0 Å². The van der Waals surface area contributed by atoms with Gasteiger partial charge in [0.2, 0.25) is 0 Å². The van der Waals surface area contributed by atoms with Crippen molar-refractivity contribution in [3.8, 4) is 11.4 Å². The predicted octanol–water partition coefficient (Wildman–Crippen LogP) is 2.54. The highest BCUT2D eigenvalue weighted by molar-refractivity contribution is 5.56. The predicted molar refractivity (Wildman–Crippen MR) is 87.4 cm³/mol. The van der Waals surface area contributed by atoms with E-state index in [0.717, 1.165) is 23.5 Å². The Kier molecular flexibility index (Phi) is 4.52. The quantitative estimate of drug-likeness (QED) is 0.870. The van der Waals surface area contributed by atoms with Gasteiger partial charge in [0, 0.05) is 38.2 Å². The zero-order valence-electron chi connectivity index (χ0n) is 13.7. The van der Waals surface area contributed by atoms with Crippen LogP contribution in [-0.2, 0) is 13.5 Å². The summed E-state index contributed by atoms with van der Waals surface area (Å²) in [5.41, 5.74) is 3.12. The van der Waals surface area contributed by atoms with Crippen LogP contribution >= 0.6 is 0 Å². The summed E-state index contributed by atoms with van der Waals surface area (Å²) in [6.45, 7) is 6.96. The Morgan fingerprint density at radius 1 is 1.23 bits per heavy atom. The molecule has 0 radical (unpaired) electrons. The van der Waals surface area contributed by atoms with Crippen molar-refractivity contribution >= 4 is 0 Å². The first-order chi connectivity index (χ1) is 10.6. The SMILES string of the molecule is CC(C)N1CCC[C@@H](Cc2nccnc2-c2ccnn2C)C1. The molecule has 5 nitrogen and oxygen atoms in total. The molecule has 2 aromatic heterocycles. The van der Waals surface area contributed by atoms with Gasteiger partial charge >= 0.3 is 0 Å². The van der Waals surface area contributed by atoms with Crippen LogP contribution in [0.1, 0.15) is 32.4 Å². The van der Waals surface area contributed by atoms with Crippen molar-refractivity contribution in [3.63, 3.8) is 0 Å². The minimum atomic E-state index is 0.626. The van der Waals surface area contributed by atoms with Crippen LogP contribution in [0, 0.1) is 5.92 Å². The molecule has 2 aromatic rings. The lowest BCUT2D eigenvalue weighted by Gasteiger charge is -2.35. The minimum absolute atomic E-state index is 0.626. The topological polar surface area (TPSA) is 46.8 Å². The van der Waals surface area contributed by atoms with Gasteiger partial charge in [0.1, 0.15) is 5.69 Å². The van der Waals surface area contributed by atoms with Gasteiger partial charge in [0.05, 0.1) is 11.4 Å². The summed E-state index contributed by atoms with van der Waals surface area (Å²) in [6.07, 6.45) is 8.95. The van der Waals surface area contributed by atoms with Crippen LogP contribution in [0.5, 0.6) is 0 Å². The van der Waals surface area contributed by atoms with Crippen molar-refractivity contribution in [1.29, 1.82) is 0 Å². The van der Waals surface area contributed by atoms with Crippen molar-refractivity contribution in [2.75, 3.05) is 13.1 Å². The molecule has 118 valence electrons. The molecule has 22 heavy (non-hydrogen) atoms. The fraction of sp³-hybridized carbons (Fsp3) is 0.588. The summed E-state index contributed by atoms with van der Waals surface area (Å²) in [5.74, 6) is 0.667. The molecule has 1 aliphatic heterocycles. The molecule has 0 saturated carbocycles. The monoisotopic (exact) mass is 299 g/mol. The van der Waals surface area contributed by atoms with E-state index in [1.54, 1.807) is 12.4 Å². The molecule has 1 atom stereocenters. The van der Waals surface area contributed by atoms with E-state index < -0.39 is 0 Å². The van der Waals surface area contributed by atoms with Crippen molar-refractivity contribution < 1.29 is 0 Å². The normalized spacial score (nSPS) is 19.7. The lowest BCUT2D eigenvalue weighted by Crippen LogP contribution is -2.40. The summed E-state index contributed by atoms with van der Waals surface area (Å²) in [7, 11) is 1.95. The highest BCUT2D eigenvalue weighted by atomic mass is 15.3. The second kappa shape index (κ2) is 6.57. The van der Waals surface area contributed by atoms with Crippen LogP contribution in [-0.4, -0.2) is 43.8 Å². The van der Waals surface area contributed by atoms with Gasteiger partial charge in [-0.2, -0.15) is 5.10 Å². The number of nitrogens with zero attached hydrogens (tertiary/aromatic N) is 5. The van der Waals surface area contributed by atoms with E-state index in [9.17, 15) is 0 Å². The zero-order valence-corrected chi connectivity index (χ0v) is 13.7. The maximum atomic E-state index is 4.62. The van der Waals surface area contributed by atoms with Crippen molar-refractivity contribution in [3.05, 3.63) is 30.4 Å². The first kappa shape index (κ1) is 15.2. The Morgan fingerprint density at radius 3 is 2.77 bits per heavy atom. The third kappa shape index (κ3) is 3.19. The largest absolute Gasteiger partial charge is 0.301 e. The van der Waals surface area contributed by atoms with E-state index in [0.29, 0.717) is 12.0 Å². The molecule has 0 spiro atoms. The van der Waals surface area contributed by atoms with Crippen LogP contribution in [0.2, 0.25) is 0 Å². The Hall–Kier alpha value is -1.75.